The molecule has 3 aromatic rings. The first-order valence-electron chi connectivity index (χ1n) is 11.6. The molecule has 0 aliphatic carbocycles. The SMILES string of the molecule is Cc1ccc(S(=O)(=O)N(CC(=O)NCCCOC(C)C)c2ccc(Oc3ccccc3)cc2)cc1. The van der Waals surface area contributed by atoms with Crippen molar-refractivity contribution in [2.75, 3.05) is 24.0 Å². The predicted molar refractivity (Wildman–Crippen MR) is 137 cm³/mol. The zero-order chi connectivity index (χ0) is 25.3. The van der Waals surface area contributed by atoms with E-state index >= 15 is 0 Å². The zero-order valence-electron chi connectivity index (χ0n) is 20.3. The summed E-state index contributed by atoms with van der Waals surface area (Å²) in [5.41, 5.74) is 1.31. The van der Waals surface area contributed by atoms with E-state index in [1.54, 1.807) is 48.5 Å². The Morgan fingerprint density at radius 2 is 1.54 bits per heavy atom. The summed E-state index contributed by atoms with van der Waals surface area (Å²) in [5, 5.41) is 2.78. The van der Waals surface area contributed by atoms with E-state index in [0.717, 1.165) is 9.87 Å². The average molecular weight is 497 g/mol. The molecule has 1 amide bonds. The molecule has 186 valence electrons. The first kappa shape index (κ1) is 26.2. The van der Waals surface area contributed by atoms with Crippen molar-refractivity contribution in [1.29, 1.82) is 0 Å². The van der Waals surface area contributed by atoms with Gasteiger partial charge in [-0.05, 0) is 75.7 Å². The molecule has 0 radical (unpaired) electrons. The fraction of sp³-hybridized carbons (Fsp3) is 0.296. The van der Waals surface area contributed by atoms with Gasteiger partial charge in [-0.3, -0.25) is 9.10 Å². The Bertz CT molecular complexity index is 1180. The van der Waals surface area contributed by atoms with E-state index in [9.17, 15) is 13.2 Å². The number of rotatable bonds is 12. The van der Waals surface area contributed by atoms with Crippen molar-refractivity contribution in [1.82, 2.24) is 5.32 Å². The van der Waals surface area contributed by atoms with Gasteiger partial charge in [0.05, 0.1) is 16.7 Å². The summed E-state index contributed by atoms with van der Waals surface area (Å²) in [4.78, 5) is 12.8. The van der Waals surface area contributed by atoms with Gasteiger partial charge in [-0.15, -0.1) is 0 Å². The number of carbonyl (C=O) groups is 1. The van der Waals surface area contributed by atoms with Crippen LogP contribution in [0.1, 0.15) is 25.8 Å². The molecule has 0 saturated carbocycles. The summed E-state index contributed by atoms with van der Waals surface area (Å²) >= 11 is 0. The summed E-state index contributed by atoms with van der Waals surface area (Å²) in [6, 6.07) is 22.5. The predicted octanol–water partition coefficient (Wildman–Crippen LogP) is 4.91. The molecule has 35 heavy (non-hydrogen) atoms. The number of anilines is 1. The van der Waals surface area contributed by atoms with Crippen LogP contribution in [0.25, 0.3) is 0 Å². The molecule has 8 heteroatoms. The summed E-state index contributed by atoms with van der Waals surface area (Å²) in [6.07, 6.45) is 0.759. The van der Waals surface area contributed by atoms with Crippen LogP contribution in [-0.2, 0) is 19.6 Å². The second kappa shape index (κ2) is 12.4. The molecule has 0 unspecified atom stereocenters. The highest BCUT2D eigenvalue weighted by molar-refractivity contribution is 7.92. The van der Waals surface area contributed by atoms with Gasteiger partial charge in [-0.1, -0.05) is 35.9 Å². The number of amides is 1. The Morgan fingerprint density at radius 3 is 2.17 bits per heavy atom. The quantitative estimate of drug-likeness (QED) is 0.360. The number of hydrogen-bond acceptors (Lipinski definition) is 5. The standard InChI is InChI=1S/C27H32N2O5S/c1-21(2)33-19-7-18-28-27(30)20-29(35(31,32)26-16-10-22(3)11-17-26)23-12-14-25(15-13-23)34-24-8-5-4-6-9-24/h4-6,8-17,21H,7,18-20H2,1-3H3,(H,28,30). The van der Waals surface area contributed by atoms with Crippen LogP contribution in [-0.4, -0.2) is 40.1 Å². The van der Waals surface area contributed by atoms with E-state index in [2.05, 4.69) is 5.32 Å². The van der Waals surface area contributed by atoms with Crippen molar-refractivity contribution in [3.8, 4) is 11.5 Å². The van der Waals surface area contributed by atoms with Gasteiger partial charge in [-0.2, -0.15) is 0 Å². The first-order chi connectivity index (χ1) is 16.8. The maximum Gasteiger partial charge on any atom is 0.264 e. The van der Waals surface area contributed by atoms with Gasteiger partial charge in [0.1, 0.15) is 18.0 Å². The van der Waals surface area contributed by atoms with E-state index in [4.69, 9.17) is 9.47 Å². The molecule has 0 aliphatic heterocycles. The lowest BCUT2D eigenvalue weighted by Crippen LogP contribution is -2.41. The number of nitrogens with zero attached hydrogens (tertiary/aromatic N) is 1. The number of aryl methyl sites for hydroxylation is 1. The van der Waals surface area contributed by atoms with Crippen LogP contribution in [0, 0.1) is 6.92 Å². The van der Waals surface area contributed by atoms with Crippen molar-refractivity contribution >= 4 is 21.6 Å². The largest absolute Gasteiger partial charge is 0.457 e. The molecule has 0 atom stereocenters. The van der Waals surface area contributed by atoms with E-state index < -0.39 is 15.9 Å². The Kier molecular flexibility index (Phi) is 9.28. The van der Waals surface area contributed by atoms with Crippen LogP contribution < -0.4 is 14.4 Å². The first-order valence-corrected chi connectivity index (χ1v) is 13.0. The second-order valence-corrected chi connectivity index (χ2v) is 10.2. The second-order valence-electron chi connectivity index (χ2n) is 8.36. The van der Waals surface area contributed by atoms with Crippen molar-refractivity contribution in [3.63, 3.8) is 0 Å². The van der Waals surface area contributed by atoms with Gasteiger partial charge in [0.2, 0.25) is 5.91 Å². The monoisotopic (exact) mass is 496 g/mol. The van der Waals surface area contributed by atoms with Crippen LogP contribution in [0.15, 0.2) is 83.8 Å². The lowest BCUT2D eigenvalue weighted by molar-refractivity contribution is -0.119. The summed E-state index contributed by atoms with van der Waals surface area (Å²) in [7, 11) is -3.98. The van der Waals surface area contributed by atoms with Gasteiger partial charge in [-0.25, -0.2) is 8.42 Å². The highest BCUT2D eigenvalue weighted by Gasteiger charge is 2.27. The molecule has 3 rings (SSSR count). The van der Waals surface area contributed by atoms with Crippen LogP contribution in [0.3, 0.4) is 0 Å². The Labute approximate surface area is 207 Å². The molecule has 0 aromatic heterocycles. The number of nitrogens with one attached hydrogen (secondary N) is 1. The molecule has 0 aliphatic rings. The number of benzene rings is 3. The Balaban J connectivity index is 1.78. The highest BCUT2D eigenvalue weighted by atomic mass is 32.2. The molecule has 1 N–H and O–H groups in total. The maximum atomic E-state index is 13.5. The smallest absolute Gasteiger partial charge is 0.264 e. The third kappa shape index (κ3) is 7.83. The van der Waals surface area contributed by atoms with Crippen molar-refractivity contribution in [2.45, 2.75) is 38.2 Å². The maximum absolute atomic E-state index is 13.5. The number of hydrogen-bond donors (Lipinski definition) is 1. The van der Waals surface area contributed by atoms with Gasteiger partial charge in [0.25, 0.3) is 10.0 Å². The summed E-state index contributed by atoms with van der Waals surface area (Å²) < 4.78 is 39.4. The molecular formula is C27H32N2O5S. The Morgan fingerprint density at radius 1 is 0.914 bits per heavy atom. The van der Waals surface area contributed by atoms with Gasteiger partial charge in [0.15, 0.2) is 0 Å². The zero-order valence-corrected chi connectivity index (χ0v) is 21.1. The van der Waals surface area contributed by atoms with Gasteiger partial charge < -0.3 is 14.8 Å². The third-order valence-electron chi connectivity index (χ3n) is 5.09. The molecular weight excluding hydrogens is 464 g/mol. The minimum atomic E-state index is -3.98. The van der Waals surface area contributed by atoms with Gasteiger partial charge in [0, 0.05) is 13.2 Å². The van der Waals surface area contributed by atoms with Crippen molar-refractivity contribution in [2.24, 2.45) is 0 Å². The van der Waals surface area contributed by atoms with E-state index in [1.165, 1.54) is 0 Å². The molecule has 0 saturated heterocycles. The van der Waals surface area contributed by atoms with Crippen LogP contribution in [0.2, 0.25) is 0 Å². The van der Waals surface area contributed by atoms with E-state index in [0.29, 0.717) is 36.8 Å². The minimum absolute atomic E-state index is 0.117. The topological polar surface area (TPSA) is 84.9 Å². The average Bonchev–Trinajstić information content (AvgIpc) is 2.83. The van der Waals surface area contributed by atoms with Gasteiger partial charge >= 0.3 is 0 Å². The molecule has 3 aromatic carbocycles. The van der Waals surface area contributed by atoms with E-state index in [-0.39, 0.29) is 17.5 Å². The van der Waals surface area contributed by atoms with Crippen LogP contribution in [0.5, 0.6) is 11.5 Å². The molecule has 0 fully saturated rings. The van der Waals surface area contributed by atoms with Crippen LogP contribution >= 0.6 is 0 Å². The lowest BCUT2D eigenvalue weighted by atomic mass is 10.2. The lowest BCUT2D eigenvalue weighted by Gasteiger charge is -2.24. The third-order valence-corrected chi connectivity index (χ3v) is 6.88. The van der Waals surface area contributed by atoms with Crippen molar-refractivity contribution < 1.29 is 22.7 Å². The van der Waals surface area contributed by atoms with E-state index in [1.807, 2.05) is 51.1 Å². The molecule has 0 spiro atoms. The number of para-hydroxylation sites is 1. The minimum Gasteiger partial charge on any atom is -0.457 e. The number of ether oxygens (including phenoxy) is 2. The summed E-state index contributed by atoms with van der Waals surface area (Å²) in [6.45, 7) is 6.35. The summed E-state index contributed by atoms with van der Waals surface area (Å²) in [5.74, 6) is 0.835. The molecule has 0 heterocycles. The fourth-order valence-corrected chi connectivity index (χ4v) is 4.68. The van der Waals surface area contributed by atoms with Crippen LogP contribution in [0.4, 0.5) is 5.69 Å². The Hall–Kier alpha value is -3.36. The highest BCUT2D eigenvalue weighted by Crippen LogP contribution is 2.28. The number of sulfonamides is 1. The fourth-order valence-electron chi connectivity index (χ4n) is 3.26. The molecule has 0 bridgehead atoms. The number of carbonyl (C=O) groups excluding carboxylic acids is 1. The normalized spacial score (nSPS) is 11.3. The van der Waals surface area contributed by atoms with Crippen molar-refractivity contribution in [3.05, 3.63) is 84.4 Å². The molecule has 7 nitrogen and oxygen atoms in total.